The number of ether oxygens (including phenoxy) is 1. The number of nitrogens with one attached hydrogen (secondary N) is 3. The summed E-state index contributed by atoms with van der Waals surface area (Å²) >= 11 is 0. The summed E-state index contributed by atoms with van der Waals surface area (Å²) in [7, 11) is 1.66. The second-order valence-electron chi connectivity index (χ2n) is 5.26. The summed E-state index contributed by atoms with van der Waals surface area (Å²) in [5, 5.41) is 7.09. The molecule has 2 aromatic carbocycles. The molecule has 0 atom stereocenters. The van der Waals surface area contributed by atoms with Crippen molar-refractivity contribution in [3.8, 4) is 17.1 Å². The maximum Gasteiger partial charge on any atom is 0.261 e. The first-order valence-corrected chi connectivity index (χ1v) is 7.32. The van der Waals surface area contributed by atoms with Gasteiger partial charge in [-0.15, -0.1) is 5.10 Å². The van der Waals surface area contributed by atoms with Gasteiger partial charge in [0.25, 0.3) is 5.95 Å². The maximum atomic E-state index is 5.27. The van der Waals surface area contributed by atoms with Crippen LogP contribution in [-0.2, 0) is 0 Å². The number of H-pyrrole nitrogens is 1. The molecule has 23 heavy (non-hydrogen) atoms. The molecule has 0 radical (unpaired) electrons. The molecule has 0 saturated heterocycles. The van der Waals surface area contributed by atoms with Crippen molar-refractivity contribution in [3.63, 3.8) is 0 Å². The van der Waals surface area contributed by atoms with Gasteiger partial charge >= 0.3 is 0 Å². The van der Waals surface area contributed by atoms with Crippen LogP contribution in [0, 0.1) is 13.8 Å². The number of hydrazine groups is 1. The fourth-order valence-corrected chi connectivity index (χ4v) is 2.40. The summed E-state index contributed by atoms with van der Waals surface area (Å²) in [5.41, 5.74) is 10.3. The third kappa shape index (κ3) is 3.26. The number of anilines is 2. The highest BCUT2D eigenvalue weighted by Gasteiger charge is 2.08. The zero-order valence-electron chi connectivity index (χ0n) is 13.3. The molecule has 3 rings (SSSR count). The van der Waals surface area contributed by atoms with E-state index in [2.05, 4.69) is 26.0 Å². The SMILES string of the molecule is COc1cc(C)c(NNc2n[nH]c(-c3ccccc3)n2)c(C)c1. The number of benzene rings is 2. The van der Waals surface area contributed by atoms with E-state index >= 15 is 0 Å². The first-order valence-electron chi connectivity index (χ1n) is 7.32. The predicted octanol–water partition coefficient (Wildman–Crippen LogP) is 3.54. The lowest BCUT2D eigenvalue weighted by Gasteiger charge is -2.14. The van der Waals surface area contributed by atoms with Gasteiger partial charge < -0.3 is 4.74 Å². The van der Waals surface area contributed by atoms with E-state index in [4.69, 9.17) is 4.74 Å². The molecule has 0 saturated carbocycles. The second kappa shape index (κ2) is 6.39. The van der Waals surface area contributed by atoms with Crippen molar-refractivity contribution in [1.29, 1.82) is 0 Å². The van der Waals surface area contributed by atoms with Crippen LogP contribution in [0.15, 0.2) is 42.5 Å². The Morgan fingerprint density at radius 1 is 1.00 bits per heavy atom. The number of rotatable bonds is 5. The van der Waals surface area contributed by atoms with Gasteiger partial charge in [0.1, 0.15) is 5.75 Å². The number of aryl methyl sites for hydroxylation is 2. The van der Waals surface area contributed by atoms with E-state index in [1.54, 1.807) is 7.11 Å². The van der Waals surface area contributed by atoms with Gasteiger partial charge in [-0.2, -0.15) is 4.98 Å². The van der Waals surface area contributed by atoms with Crippen molar-refractivity contribution >= 4 is 11.6 Å². The third-order valence-corrected chi connectivity index (χ3v) is 3.57. The van der Waals surface area contributed by atoms with Crippen LogP contribution in [0.1, 0.15) is 11.1 Å². The standard InChI is InChI=1S/C17H19N5O/c1-11-9-14(23-3)10-12(2)15(11)19-21-17-18-16(20-22-17)13-7-5-4-6-8-13/h4-10,19H,1-3H3,(H2,18,20,21,22). The minimum absolute atomic E-state index is 0.485. The van der Waals surface area contributed by atoms with Crippen LogP contribution in [0.4, 0.5) is 11.6 Å². The lowest BCUT2D eigenvalue weighted by Crippen LogP contribution is -2.12. The van der Waals surface area contributed by atoms with Crippen LogP contribution >= 0.6 is 0 Å². The minimum Gasteiger partial charge on any atom is -0.497 e. The third-order valence-electron chi connectivity index (χ3n) is 3.57. The average Bonchev–Trinajstić information content (AvgIpc) is 3.03. The van der Waals surface area contributed by atoms with Gasteiger partial charge in [-0.05, 0) is 37.1 Å². The number of aromatic nitrogens is 3. The quantitative estimate of drug-likeness (QED) is 0.629. The van der Waals surface area contributed by atoms with E-state index in [1.165, 1.54) is 0 Å². The van der Waals surface area contributed by atoms with E-state index in [1.807, 2.05) is 56.3 Å². The van der Waals surface area contributed by atoms with Gasteiger partial charge in [-0.3, -0.25) is 16.0 Å². The average molecular weight is 309 g/mol. The first kappa shape index (κ1) is 14.9. The van der Waals surface area contributed by atoms with Crippen LogP contribution < -0.4 is 15.6 Å². The van der Waals surface area contributed by atoms with Gasteiger partial charge in [0, 0.05) is 5.56 Å². The summed E-state index contributed by atoms with van der Waals surface area (Å²) < 4.78 is 5.27. The number of aromatic amines is 1. The van der Waals surface area contributed by atoms with Crippen LogP contribution in [-0.4, -0.2) is 22.3 Å². The molecule has 3 N–H and O–H groups in total. The molecular weight excluding hydrogens is 290 g/mol. The largest absolute Gasteiger partial charge is 0.497 e. The van der Waals surface area contributed by atoms with Crippen LogP contribution in [0.5, 0.6) is 5.75 Å². The molecule has 0 fully saturated rings. The molecule has 0 bridgehead atoms. The van der Waals surface area contributed by atoms with Gasteiger partial charge in [0.05, 0.1) is 12.8 Å². The van der Waals surface area contributed by atoms with Crippen molar-refractivity contribution in [2.45, 2.75) is 13.8 Å². The molecule has 0 aliphatic rings. The van der Waals surface area contributed by atoms with Gasteiger partial charge in [0.15, 0.2) is 5.82 Å². The Balaban J connectivity index is 1.73. The summed E-state index contributed by atoms with van der Waals surface area (Å²) in [6, 6.07) is 13.8. The van der Waals surface area contributed by atoms with E-state index in [-0.39, 0.29) is 0 Å². The Bertz CT molecular complexity index is 775. The maximum absolute atomic E-state index is 5.27. The van der Waals surface area contributed by atoms with Crippen molar-refractivity contribution in [1.82, 2.24) is 15.2 Å². The normalized spacial score (nSPS) is 10.4. The fraction of sp³-hybridized carbons (Fsp3) is 0.176. The monoisotopic (exact) mass is 309 g/mol. The minimum atomic E-state index is 0.485. The molecule has 3 aromatic rings. The van der Waals surface area contributed by atoms with Crippen LogP contribution in [0.3, 0.4) is 0 Å². The molecule has 0 aliphatic heterocycles. The highest BCUT2D eigenvalue weighted by atomic mass is 16.5. The van der Waals surface area contributed by atoms with Crippen molar-refractivity contribution < 1.29 is 4.74 Å². The lowest BCUT2D eigenvalue weighted by atomic mass is 10.1. The van der Waals surface area contributed by atoms with Crippen LogP contribution in [0.2, 0.25) is 0 Å². The molecule has 0 aliphatic carbocycles. The summed E-state index contributed by atoms with van der Waals surface area (Å²) in [5.74, 6) is 2.05. The second-order valence-corrected chi connectivity index (χ2v) is 5.26. The molecule has 1 heterocycles. The number of methoxy groups -OCH3 is 1. The van der Waals surface area contributed by atoms with Gasteiger partial charge in [-0.25, -0.2) is 0 Å². The molecule has 1 aromatic heterocycles. The Morgan fingerprint density at radius 3 is 2.35 bits per heavy atom. The van der Waals surface area contributed by atoms with Gasteiger partial charge in [-0.1, -0.05) is 30.3 Å². The van der Waals surface area contributed by atoms with E-state index in [0.717, 1.165) is 34.0 Å². The van der Waals surface area contributed by atoms with Gasteiger partial charge in [0.2, 0.25) is 0 Å². The highest BCUT2D eigenvalue weighted by Crippen LogP contribution is 2.26. The smallest absolute Gasteiger partial charge is 0.261 e. The van der Waals surface area contributed by atoms with Crippen molar-refractivity contribution in [2.75, 3.05) is 18.0 Å². The predicted molar refractivity (Wildman–Crippen MR) is 91.5 cm³/mol. The van der Waals surface area contributed by atoms with E-state index in [0.29, 0.717) is 5.95 Å². The lowest BCUT2D eigenvalue weighted by molar-refractivity contribution is 0.414. The molecule has 6 nitrogen and oxygen atoms in total. The summed E-state index contributed by atoms with van der Waals surface area (Å²) in [6.45, 7) is 4.04. The molecule has 0 spiro atoms. The Morgan fingerprint density at radius 2 is 1.70 bits per heavy atom. The topological polar surface area (TPSA) is 74.9 Å². The van der Waals surface area contributed by atoms with E-state index in [9.17, 15) is 0 Å². The zero-order chi connectivity index (χ0) is 16.2. The summed E-state index contributed by atoms with van der Waals surface area (Å²) in [6.07, 6.45) is 0. The number of hydrogen-bond donors (Lipinski definition) is 3. The molecule has 0 unspecified atom stereocenters. The van der Waals surface area contributed by atoms with Crippen molar-refractivity contribution in [2.24, 2.45) is 0 Å². The zero-order valence-corrected chi connectivity index (χ0v) is 13.3. The first-order chi connectivity index (χ1) is 11.2. The summed E-state index contributed by atoms with van der Waals surface area (Å²) in [4.78, 5) is 4.42. The number of nitrogens with zero attached hydrogens (tertiary/aromatic N) is 2. The molecule has 6 heteroatoms. The molecule has 118 valence electrons. The van der Waals surface area contributed by atoms with Crippen molar-refractivity contribution in [3.05, 3.63) is 53.6 Å². The Hall–Kier alpha value is -3.02. The molecule has 0 amide bonds. The Labute approximate surface area is 134 Å². The van der Waals surface area contributed by atoms with Crippen LogP contribution in [0.25, 0.3) is 11.4 Å². The highest BCUT2D eigenvalue weighted by molar-refractivity contribution is 5.62. The fourth-order valence-electron chi connectivity index (χ4n) is 2.40. The van der Waals surface area contributed by atoms with E-state index < -0.39 is 0 Å². The molecular formula is C17H19N5O. The Kier molecular flexibility index (Phi) is 4.14. The number of hydrogen-bond acceptors (Lipinski definition) is 5.